The molecule has 234 valence electrons. The lowest BCUT2D eigenvalue weighted by Gasteiger charge is -2.36. The summed E-state index contributed by atoms with van der Waals surface area (Å²) in [7, 11) is 1.29. The predicted octanol–water partition coefficient (Wildman–Crippen LogP) is 3.63. The van der Waals surface area contributed by atoms with E-state index in [2.05, 4.69) is 16.9 Å². The molecule has 1 aliphatic heterocycles. The highest BCUT2D eigenvalue weighted by atomic mass is 16.7. The summed E-state index contributed by atoms with van der Waals surface area (Å²) in [6, 6.07) is -1.07. The van der Waals surface area contributed by atoms with E-state index in [1.54, 1.807) is 0 Å². The van der Waals surface area contributed by atoms with Gasteiger partial charge in [-0.15, -0.1) is 0 Å². The van der Waals surface area contributed by atoms with Crippen molar-refractivity contribution in [3.63, 3.8) is 0 Å². The Hall–Kier alpha value is -1.54. The molecule has 8 atom stereocenters. The number of esters is 1. The van der Waals surface area contributed by atoms with Crippen LogP contribution in [0.15, 0.2) is 5.11 Å². The van der Waals surface area contributed by atoms with Gasteiger partial charge < -0.3 is 43.4 Å². The molecule has 0 spiro atoms. The molecule has 1 saturated heterocycles. The number of carbonyl (C=O) groups excluding carboxylic acids is 1. The van der Waals surface area contributed by atoms with Crippen LogP contribution in [-0.4, -0.2) is 105 Å². The van der Waals surface area contributed by atoms with Crippen LogP contribution in [0, 0.1) is 0 Å². The second-order valence-corrected chi connectivity index (χ2v) is 9.79. The maximum absolute atomic E-state index is 12.4. The summed E-state index contributed by atoms with van der Waals surface area (Å²) < 4.78 is 40.8. The average molecular weight is 578 g/mol. The maximum atomic E-state index is 12.4. The number of unbranched alkanes of at least 4 members (excludes halogenated alkanes) is 3. The number of rotatable bonds is 22. The first-order chi connectivity index (χ1) is 19.4. The van der Waals surface area contributed by atoms with E-state index >= 15 is 0 Å². The number of carbonyl (C=O) groups is 1. The van der Waals surface area contributed by atoms with Gasteiger partial charge in [0.25, 0.3) is 0 Å². The van der Waals surface area contributed by atoms with Crippen molar-refractivity contribution in [3.05, 3.63) is 10.4 Å². The van der Waals surface area contributed by atoms with Crippen molar-refractivity contribution in [2.24, 2.45) is 5.11 Å². The fraction of sp³-hybridized carbons (Fsp3) is 0.963. The molecule has 13 heteroatoms. The molecule has 13 nitrogen and oxygen atoms in total. The summed E-state index contributed by atoms with van der Waals surface area (Å²) in [5, 5.41) is 24.4. The molecule has 0 radical (unpaired) electrons. The Bertz CT molecular complexity index is 712. The number of ether oxygens (including phenoxy) is 7. The van der Waals surface area contributed by atoms with Gasteiger partial charge in [-0.25, -0.2) is 0 Å². The lowest BCUT2D eigenvalue weighted by molar-refractivity contribution is -0.255. The Morgan fingerprint density at radius 3 is 2.35 bits per heavy atom. The molecule has 1 rings (SSSR count). The predicted molar refractivity (Wildman–Crippen MR) is 146 cm³/mol. The minimum atomic E-state index is -1.38. The molecule has 0 bridgehead atoms. The van der Waals surface area contributed by atoms with E-state index in [9.17, 15) is 15.0 Å². The highest BCUT2D eigenvalue weighted by Crippen LogP contribution is 2.26. The molecule has 0 saturated carbocycles. The number of aliphatic hydroxyl groups is 2. The van der Waals surface area contributed by atoms with Crippen molar-refractivity contribution in [1.29, 1.82) is 0 Å². The molecule has 0 aromatic carbocycles. The summed E-state index contributed by atoms with van der Waals surface area (Å²) in [5.41, 5.74) is 9.10. The van der Waals surface area contributed by atoms with Crippen molar-refractivity contribution < 1.29 is 48.2 Å². The van der Waals surface area contributed by atoms with Gasteiger partial charge in [0.1, 0.15) is 12.1 Å². The number of hydrogen-bond acceptors (Lipinski definition) is 11. The minimum absolute atomic E-state index is 0.103. The summed E-state index contributed by atoms with van der Waals surface area (Å²) in [6.07, 6.45) is -0.796. The Kier molecular flexibility index (Phi) is 20.2. The van der Waals surface area contributed by atoms with E-state index in [-0.39, 0.29) is 19.4 Å². The lowest BCUT2D eigenvalue weighted by atomic mass is 10.0. The molecule has 1 aliphatic rings. The largest absolute Gasteiger partial charge is 0.469 e. The van der Waals surface area contributed by atoms with Crippen LogP contribution in [0.5, 0.6) is 0 Å². The van der Waals surface area contributed by atoms with Gasteiger partial charge in [0.2, 0.25) is 0 Å². The molecule has 40 heavy (non-hydrogen) atoms. The second kappa shape index (κ2) is 22.1. The first-order valence-corrected chi connectivity index (χ1v) is 14.5. The molecule has 0 aliphatic carbocycles. The number of aliphatic hydroxyl groups excluding tert-OH is 2. The Morgan fingerprint density at radius 1 is 1.10 bits per heavy atom. The van der Waals surface area contributed by atoms with Gasteiger partial charge in [-0.1, -0.05) is 45.1 Å². The molecule has 0 amide bonds. The van der Waals surface area contributed by atoms with Crippen molar-refractivity contribution in [2.75, 3.05) is 40.1 Å². The zero-order valence-electron chi connectivity index (χ0n) is 24.8. The van der Waals surface area contributed by atoms with Gasteiger partial charge in [-0.2, -0.15) is 0 Å². The maximum Gasteiger partial charge on any atom is 0.308 e. The zero-order valence-corrected chi connectivity index (χ0v) is 24.8. The first-order valence-electron chi connectivity index (χ1n) is 14.5. The van der Waals surface area contributed by atoms with E-state index in [1.165, 1.54) is 7.11 Å². The minimum Gasteiger partial charge on any atom is -0.469 e. The fourth-order valence-electron chi connectivity index (χ4n) is 4.26. The summed E-state index contributed by atoms with van der Waals surface area (Å²) in [6.45, 7) is 8.86. The Balaban J connectivity index is 3.21. The summed E-state index contributed by atoms with van der Waals surface area (Å²) >= 11 is 0. The molecule has 1 heterocycles. The van der Waals surface area contributed by atoms with E-state index in [4.69, 9.17) is 38.7 Å². The zero-order chi connectivity index (χ0) is 29.8. The molecule has 1 fully saturated rings. The molecule has 4 unspecified atom stereocenters. The van der Waals surface area contributed by atoms with Gasteiger partial charge in [0, 0.05) is 24.7 Å². The van der Waals surface area contributed by atoms with Gasteiger partial charge in [-0.3, -0.25) is 4.79 Å². The average Bonchev–Trinajstić information content (AvgIpc) is 3.08. The molecule has 2 N–H and O–H groups in total. The first kappa shape index (κ1) is 36.5. The highest BCUT2D eigenvalue weighted by molar-refractivity contribution is 5.69. The van der Waals surface area contributed by atoms with Gasteiger partial charge in [-0.05, 0) is 38.1 Å². The molecule has 0 aromatic rings. The molecular weight excluding hydrogens is 526 g/mol. The van der Waals surface area contributed by atoms with E-state index in [0.717, 1.165) is 38.5 Å². The number of hydrogen-bond donors (Lipinski definition) is 2. The third kappa shape index (κ3) is 13.4. The van der Waals surface area contributed by atoms with Crippen LogP contribution in [0.25, 0.3) is 10.4 Å². The summed E-state index contributed by atoms with van der Waals surface area (Å²) in [5.74, 6) is -0.512. The van der Waals surface area contributed by atoms with Crippen molar-refractivity contribution in [1.82, 2.24) is 0 Å². The van der Waals surface area contributed by atoms with E-state index in [0.29, 0.717) is 19.8 Å². The van der Waals surface area contributed by atoms with E-state index < -0.39 is 61.7 Å². The van der Waals surface area contributed by atoms with Gasteiger partial charge in [0.15, 0.2) is 12.6 Å². The number of methoxy groups -OCH3 is 1. The smallest absolute Gasteiger partial charge is 0.308 e. The quantitative estimate of drug-likeness (QED) is 0.0483. The second-order valence-electron chi connectivity index (χ2n) is 9.79. The van der Waals surface area contributed by atoms with Gasteiger partial charge in [0.05, 0.1) is 51.2 Å². The van der Waals surface area contributed by atoms with Crippen LogP contribution in [0.4, 0.5) is 0 Å². The topological polar surface area (TPSA) is 171 Å². The highest BCUT2D eigenvalue weighted by Gasteiger charge is 2.41. The van der Waals surface area contributed by atoms with Crippen molar-refractivity contribution >= 4 is 5.97 Å². The van der Waals surface area contributed by atoms with Crippen LogP contribution in [0.2, 0.25) is 0 Å². The molecule has 0 aromatic heterocycles. The standard InChI is InChI=1S/C27H51N3O10/c1-6-9-13-35-19(4)25(36-14-10-7-2)21(17-22(32)34-5)40-23(18-31)39-20-12-16-38-27(33)24(29-30-28)26(20)37-15-11-8-3/h19-21,23-27,31,33H,6-18H2,1-5H3/t19-,20+,21?,23?,24?,25-,26?,27-/m0/s1. The fourth-order valence-corrected chi connectivity index (χ4v) is 4.26. The van der Waals surface area contributed by atoms with E-state index in [1.807, 2.05) is 20.8 Å². The Morgan fingerprint density at radius 2 is 1.75 bits per heavy atom. The third-order valence-electron chi connectivity index (χ3n) is 6.59. The summed E-state index contributed by atoms with van der Waals surface area (Å²) in [4.78, 5) is 15.2. The monoisotopic (exact) mass is 577 g/mol. The lowest BCUT2D eigenvalue weighted by Crippen LogP contribution is -2.49. The van der Waals surface area contributed by atoms with Crippen LogP contribution in [0.1, 0.15) is 79.1 Å². The number of azide groups is 1. The van der Waals surface area contributed by atoms with Crippen LogP contribution in [-0.2, 0) is 38.0 Å². The van der Waals surface area contributed by atoms with Crippen LogP contribution in [0.3, 0.4) is 0 Å². The molecular formula is C27H51N3O10. The normalized spacial score (nSPS) is 24.4. The van der Waals surface area contributed by atoms with Crippen LogP contribution >= 0.6 is 0 Å². The SMILES string of the molecule is CCCCOC1C(N=[N+]=[N-])[C@@H](O)OCC[C@H]1OC(CO)OC(CC(=O)OC)[C@@H](OCCCC)[C@H](C)OCCCC. The van der Waals surface area contributed by atoms with Crippen molar-refractivity contribution in [2.45, 2.75) is 128 Å². The van der Waals surface area contributed by atoms with Crippen molar-refractivity contribution in [3.8, 4) is 0 Å². The third-order valence-corrected chi connectivity index (χ3v) is 6.59. The number of nitrogens with zero attached hydrogens (tertiary/aromatic N) is 3. The Labute approximate surface area is 238 Å². The van der Waals surface area contributed by atoms with Crippen LogP contribution < -0.4 is 0 Å². The van der Waals surface area contributed by atoms with Gasteiger partial charge >= 0.3 is 5.97 Å².